The third-order valence-corrected chi connectivity index (χ3v) is 2.30. The second-order valence-corrected chi connectivity index (χ2v) is 3.52. The molecular weight excluding hydrogens is 220 g/mol. The number of aliphatic hydroxyl groups excluding tert-OH is 3. The summed E-state index contributed by atoms with van der Waals surface area (Å²) in [6.07, 6.45) is -2.43. The average molecular weight is 233 g/mol. The number of aliphatic hydroxyl groups is 3. The Morgan fingerprint density at radius 1 is 1.40 bits per heavy atom. The Hall–Kier alpha value is -0.810. The van der Waals surface area contributed by atoms with E-state index >= 15 is 0 Å². The van der Waals surface area contributed by atoms with Gasteiger partial charge in [-0.1, -0.05) is 17.7 Å². The van der Waals surface area contributed by atoms with Gasteiger partial charge in [-0.3, -0.25) is 0 Å². The summed E-state index contributed by atoms with van der Waals surface area (Å²) < 4.78 is 5.00. The molecule has 2 unspecified atom stereocenters. The second kappa shape index (κ2) is 5.32. The fraction of sp³-hybridized carbons (Fsp3) is 0.400. The topological polar surface area (TPSA) is 69.9 Å². The smallest absolute Gasteiger partial charge is 0.126 e. The van der Waals surface area contributed by atoms with Crippen LogP contribution < -0.4 is 4.74 Å². The first-order valence-corrected chi connectivity index (χ1v) is 4.78. The van der Waals surface area contributed by atoms with Gasteiger partial charge in [0.25, 0.3) is 0 Å². The molecule has 0 aliphatic carbocycles. The summed E-state index contributed by atoms with van der Waals surface area (Å²) in [5.74, 6) is 0.377. The zero-order valence-corrected chi connectivity index (χ0v) is 8.98. The summed E-state index contributed by atoms with van der Waals surface area (Å²) >= 11 is 5.74. The lowest BCUT2D eigenvalue weighted by Gasteiger charge is -2.18. The fourth-order valence-corrected chi connectivity index (χ4v) is 1.40. The highest BCUT2D eigenvalue weighted by molar-refractivity contribution is 6.30. The SMILES string of the molecule is COc1cc(Cl)ccc1C(O)C(O)CO. The number of ether oxygens (including phenoxy) is 1. The van der Waals surface area contributed by atoms with Gasteiger partial charge in [0.2, 0.25) is 0 Å². The molecule has 1 rings (SSSR count). The van der Waals surface area contributed by atoms with E-state index in [0.29, 0.717) is 16.3 Å². The van der Waals surface area contributed by atoms with Crippen molar-refractivity contribution < 1.29 is 20.1 Å². The predicted molar refractivity (Wildman–Crippen MR) is 56.1 cm³/mol. The molecule has 1 aromatic carbocycles. The van der Waals surface area contributed by atoms with Gasteiger partial charge >= 0.3 is 0 Å². The molecule has 0 aromatic heterocycles. The Bertz CT molecular complexity index is 329. The van der Waals surface area contributed by atoms with Gasteiger partial charge < -0.3 is 20.1 Å². The van der Waals surface area contributed by atoms with Crippen LogP contribution in [0.1, 0.15) is 11.7 Å². The van der Waals surface area contributed by atoms with Gasteiger partial charge in [0.05, 0.1) is 13.7 Å². The third-order valence-electron chi connectivity index (χ3n) is 2.07. The van der Waals surface area contributed by atoms with E-state index < -0.39 is 18.8 Å². The van der Waals surface area contributed by atoms with Crippen LogP contribution in [0.15, 0.2) is 18.2 Å². The number of hydrogen-bond donors (Lipinski definition) is 3. The monoisotopic (exact) mass is 232 g/mol. The van der Waals surface area contributed by atoms with Crippen molar-refractivity contribution in [1.29, 1.82) is 0 Å². The maximum atomic E-state index is 9.66. The van der Waals surface area contributed by atoms with Crippen molar-refractivity contribution in [2.75, 3.05) is 13.7 Å². The van der Waals surface area contributed by atoms with Crippen LogP contribution in [-0.2, 0) is 0 Å². The quantitative estimate of drug-likeness (QED) is 0.716. The van der Waals surface area contributed by atoms with Crippen LogP contribution in [0.3, 0.4) is 0 Å². The maximum absolute atomic E-state index is 9.66. The minimum atomic E-state index is -1.24. The normalized spacial score (nSPS) is 14.7. The van der Waals surface area contributed by atoms with Crippen molar-refractivity contribution in [2.24, 2.45) is 0 Å². The summed E-state index contributed by atoms with van der Waals surface area (Å²) in [5, 5.41) is 28.1. The lowest BCUT2D eigenvalue weighted by atomic mass is 10.0. The van der Waals surface area contributed by atoms with E-state index in [1.165, 1.54) is 13.2 Å². The Balaban J connectivity index is 3.02. The molecule has 15 heavy (non-hydrogen) atoms. The molecule has 4 nitrogen and oxygen atoms in total. The van der Waals surface area contributed by atoms with E-state index in [1.54, 1.807) is 12.1 Å². The van der Waals surface area contributed by atoms with Crippen molar-refractivity contribution >= 4 is 11.6 Å². The molecule has 0 radical (unpaired) electrons. The first kappa shape index (κ1) is 12.3. The number of hydrogen-bond acceptors (Lipinski definition) is 4. The minimum absolute atomic E-state index is 0.377. The zero-order valence-electron chi connectivity index (χ0n) is 8.22. The van der Waals surface area contributed by atoms with Gasteiger partial charge in [-0.2, -0.15) is 0 Å². The van der Waals surface area contributed by atoms with Crippen LogP contribution in [0.2, 0.25) is 5.02 Å². The molecule has 5 heteroatoms. The van der Waals surface area contributed by atoms with Crippen LogP contribution in [0.25, 0.3) is 0 Å². The largest absolute Gasteiger partial charge is 0.496 e. The van der Waals surface area contributed by atoms with Gasteiger partial charge in [0.15, 0.2) is 0 Å². The Morgan fingerprint density at radius 3 is 2.60 bits per heavy atom. The van der Waals surface area contributed by atoms with Crippen molar-refractivity contribution in [3.63, 3.8) is 0 Å². The molecule has 2 atom stereocenters. The molecule has 3 N–H and O–H groups in total. The van der Waals surface area contributed by atoms with E-state index in [0.717, 1.165) is 0 Å². The summed E-state index contributed by atoms with van der Waals surface area (Å²) in [6.45, 7) is -0.521. The van der Waals surface area contributed by atoms with Crippen LogP contribution in [-0.4, -0.2) is 35.1 Å². The summed E-state index contributed by atoms with van der Waals surface area (Å²) in [6, 6.07) is 4.65. The summed E-state index contributed by atoms with van der Waals surface area (Å²) in [7, 11) is 1.44. The number of benzene rings is 1. The Morgan fingerprint density at radius 2 is 2.07 bits per heavy atom. The maximum Gasteiger partial charge on any atom is 0.126 e. The molecule has 84 valence electrons. The molecule has 0 bridgehead atoms. The second-order valence-electron chi connectivity index (χ2n) is 3.08. The average Bonchev–Trinajstić information content (AvgIpc) is 2.26. The first-order chi connectivity index (χ1) is 7.10. The van der Waals surface area contributed by atoms with Crippen LogP contribution in [0.5, 0.6) is 5.75 Å². The van der Waals surface area contributed by atoms with E-state index in [4.69, 9.17) is 21.4 Å². The zero-order chi connectivity index (χ0) is 11.4. The van der Waals surface area contributed by atoms with Gasteiger partial charge in [-0.05, 0) is 12.1 Å². The molecule has 0 spiro atoms. The van der Waals surface area contributed by atoms with Gasteiger partial charge in [-0.15, -0.1) is 0 Å². The van der Waals surface area contributed by atoms with Crippen LogP contribution in [0.4, 0.5) is 0 Å². The van der Waals surface area contributed by atoms with E-state index in [9.17, 15) is 10.2 Å². The highest BCUT2D eigenvalue weighted by Gasteiger charge is 2.21. The van der Waals surface area contributed by atoms with E-state index in [2.05, 4.69) is 0 Å². The van der Waals surface area contributed by atoms with Crippen molar-refractivity contribution in [3.05, 3.63) is 28.8 Å². The molecular formula is C10H13ClO4. The van der Waals surface area contributed by atoms with Crippen LogP contribution in [0, 0.1) is 0 Å². The highest BCUT2D eigenvalue weighted by atomic mass is 35.5. The van der Waals surface area contributed by atoms with Gasteiger partial charge in [-0.25, -0.2) is 0 Å². The number of methoxy groups -OCH3 is 1. The third kappa shape index (κ3) is 2.82. The Labute approximate surface area is 92.7 Å². The number of rotatable bonds is 4. The van der Waals surface area contributed by atoms with Gasteiger partial charge in [0.1, 0.15) is 18.0 Å². The highest BCUT2D eigenvalue weighted by Crippen LogP contribution is 2.29. The minimum Gasteiger partial charge on any atom is -0.496 e. The lowest BCUT2D eigenvalue weighted by molar-refractivity contribution is -0.0162. The van der Waals surface area contributed by atoms with Crippen molar-refractivity contribution in [2.45, 2.75) is 12.2 Å². The molecule has 0 fully saturated rings. The number of halogens is 1. The molecule has 0 saturated heterocycles. The van der Waals surface area contributed by atoms with Crippen LogP contribution >= 0.6 is 11.6 Å². The molecule has 0 saturated carbocycles. The van der Waals surface area contributed by atoms with Crippen molar-refractivity contribution in [1.82, 2.24) is 0 Å². The summed E-state index contributed by atoms with van der Waals surface area (Å²) in [5.41, 5.74) is 0.392. The van der Waals surface area contributed by atoms with Gasteiger partial charge in [0, 0.05) is 10.6 Å². The predicted octanol–water partition coefficient (Wildman–Crippen LogP) is 0.735. The molecule has 0 heterocycles. The molecule has 1 aromatic rings. The molecule has 0 amide bonds. The van der Waals surface area contributed by atoms with E-state index in [-0.39, 0.29) is 0 Å². The molecule has 0 aliphatic heterocycles. The Kier molecular flexibility index (Phi) is 4.35. The van der Waals surface area contributed by atoms with Crippen molar-refractivity contribution in [3.8, 4) is 5.75 Å². The standard InChI is InChI=1S/C10H13ClO4/c1-15-9-4-6(11)2-3-7(9)10(14)8(13)5-12/h2-4,8,10,12-14H,5H2,1H3. The molecule has 0 aliphatic rings. The summed E-state index contributed by atoms with van der Waals surface area (Å²) in [4.78, 5) is 0. The van der Waals surface area contributed by atoms with E-state index in [1.807, 2.05) is 0 Å². The lowest BCUT2D eigenvalue weighted by Crippen LogP contribution is -2.22. The fourth-order valence-electron chi connectivity index (χ4n) is 1.24. The first-order valence-electron chi connectivity index (χ1n) is 4.40.